The van der Waals surface area contributed by atoms with Crippen molar-refractivity contribution in [3.63, 3.8) is 0 Å². The van der Waals surface area contributed by atoms with E-state index in [1.54, 1.807) is 0 Å². The van der Waals surface area contributed by atoms with E-state index in [1.165, 1.54) is 0 Å². The molecule has 0 atom stereocenters. The fourth-order valence-electron chi connectivity index (χ4n) is 0.537. The highest BCUT2D eigenvalue weighted by Gasteiger charge is 2.20. The molecule has 0 aliphatic carbocycles. The number of hydrogen-bond donors (Lipinski definition) is 1. The summed E-state index contributed by atoms with van der Waals surface area (Å²) in [7, 11) is 0. The number of alkyl halides is 2. The lowest BCUT2D eigenvalue weighted by molar-refractivity contribution is 0.252. The molecular weight excluding hydrogens is 184 g/mol. The number of oxime groups is 1. The van der Waals surface area contributed by atoms with E-state index in [9.17, 15) is 8.78 Å². The monoisotopic (exact) mass is 197 g/mol. The van der Waals surface area contributed by atoms with E-state index in [1.807, 2.05) is 20.8 Å². The van der Waals surface area contributed by atoms with Crippen molar-refractivity contribution in [2.45, 2.75) is 26.5 Å². The van der Waals surface area contributed by atoms with Crippen LogP contribution in [-0.2, 0) is 0 Å². The summed E-state index contributed by atoms with van der Waals surface area (Å²) in [6, 6.07) is 0. The Bertz CT molecular complexity index is 165. The fraction of sp³-hybridized carbons (Fsp3) is 0.857. The molecular formula is C7H13F2NOS. The third kappa shape index (κ3) is 4.54. The van der Waals surface area contributed by atoms with Crippen LogP contribution >= 0.6 is 11.8 Å². The Labute approximate surface area is 75.0 Å². The number of nitrogens with zero attached hydrogens (tertiary/aromatic N) is 1. The molecule has 1 N–H and O–H groups in total. The Morgan fingerprint density at radius 2 is 2.00 bits per heavy atom. The van der Waals surface area contributed by atoms with Crippen LogP contribution < -0.4 is 0 Å². The molecule has 0 aromatic carbocycles. The molecule has 0 unspecified atom stereocenters. The van der Waals surface area contributed by atoms with E-state index < -0.39 is 5.76 Å². The maximum atomic E-state index is 11.7. The van der Waals surface area contributed by atoms with Gasteiger partial charge >= 0.3 is 0 Å². The van der Waals surface area contributed by atoms with Gasteiger partial charge in [-0.05, 0) is 0 Å². The standard InChI is InChI=1S/C7H13F2NOS/c1-7(2,3)5(10-11)4-12-6(8)9/h6,11H,4H2,1-3H3/b10-5+. The van der Waals surface area contributed by atoms with E-state index in [0.29, 0.717) is 17.5 Å². The molecule has 0 spiro atoms. The quantitative estimate of drug-likeness (QED) is 0.428. The van der Waals surface area contributed by atoms with E-state index in [0.717, 1.165) is 0 Å². The Kier molecular flexibility index (Phi) is 4.52. The maximum Gasteiger partial charge on any atom is 0.284 e. The second-order valence-corrected chi connectivity index (χ2v) is 4.35. The van der Waals surface area contributed by atoms with Crippen LogP contribution in [0.2, 0.25) is 0 Å². The minimum Gasteiger partial charge on any atom is -0.411 e. The zero-order valence-corrected chi connectivity index (χ0v) is 8.16. The van der Waals surface area contributed by atoms with Crippen LogP contribution in [0.4, 0.5) is 8.78 Å². The Balaban J connectivity index is 4.04. The van der Waals surface area contributed by atoms with Gasteiger partial charge in [-0.3, -0.25) is 0 Å². The highest BCUT2D eigenvalue weighted by atomic mass is 32.2. The van der Waals surface area contributed by atoms with Crippen molar-refractivity contribution in [3.8, 4) is 0 Å². The van der Waals surface area contributed by atoms with Gasteiger partial charge in [0, 0.05) is 11.2 Å². The molecule has 0 heterocycles. The minimum absolute atomic E-state index is 0.0671. The molecule has 0 amide bonds. The van der Waals surface area contributed by atoms with Crippen molar-refractivity contribution < 1.29 is 14.0 Å². The van der Waals surface area contributed by atoms with Crippen LogP contribution in [0.5, 0.6) is 0 Å². The topological polar surface area (TPSA) is 32.6 Å². The van der Waals surface area contributed by atoms with E-state index in [-0.39, 0.29) is 11.2 Å². The average molecular weight is 197 g/mol. The molecule has 2 nitrogen and oxygen atoms in total. The van der Waals surface area contributed by atoms with Crippen LogP contribution in [0.3, 0.4) is 0 Å². The first-order valence-electron chi connectivity index (χ1n) is 3.49. The first-order valence-corrected chi connectivity index (χ1v) is 4.54. The number of halogens is 2. The van der Waals surface area contributed by atoms with Gasteiger partial charge in [0.25, 0.3) is 5.76 Å². The molecule has 0 bridgehead atoms. The summed E-state index contributed by atoms with van der Waals surface area (Å²) in [5, 5.41) is 11.5. The van der Waals surface area contributed by atoms with Gasteiger partial charge < -0.3 is 5.21 Å². The lowest BCUT2D eigenvalue weighted by atomic mass is 9.91. The molecule has 0 aliphatic rings. The Morgan fingerprint density at radius 1 is 1.50 bits per heavy atom. The number of hydrogen-bond acceptors (Lipinski definition) is 3. The third-order valence-electron chi connectivity index (χ3n) is 1.33. The summed E-state index contributed by atoms with van der Waals surface area (Å²) < 4.78 is 23.5. The zero-order valence-electron chi connectivity index (χ0n) is 7.34. The summed E-state index contributed by atoms with van der Waals surface area (Å²) in [6.07, 6.45) is 0. The van der Waals surface area contributed by atoms with E-state index in [4.69, 9.17) is 5.21 Å². The van der Waals surface area contributed by atoms with Crippen LogP contribution in [0.1, 0.15) is 20.8 Å². The highest BCUT2D eigenvalue weighted by Crippen LogP contribution is 2.22. The summed E-state index contributed by atoms with van der Waals surface area (Å²) in [6.45, 7) is 5.44. The Morgan fingerprint density at radius 3 is 2.25 bits per heavy atom. The van der Waals surface area contributed by atoms with Gasteiger partial charge in [-0.1, -0.05) is 37.7 Å². The van der Waals surface area contributed by atoms with Gasteiger partial charge in [0.2, 0.25) is 0 Å². The lowest BCUT2D eigenvalue weighted by Crippen LogP contribution is -2.23. The van der Waals surface area contributed by atoms with Crippen LogP contribution in [0.15, 0.2) is 5.16 Å². The second kappa shape index (κ2) is 4.64. The third-order valence-corrected chi connectivity index (χ3v) is 2.02. The molecule has 0 rings (SSSR count). The van der Waals surface area contributed by atoms with Gasteiger partial charge in [-0.25, -0.2) is 0 Å². The highest BCUT2D eigenvalue weighted by molar-refractivity contribution is 8.00. The van der Waals surface area contributed by atoms with Gasteiger partial charge in [0.1, 0.15) is 0 Å². The minimum atomic E-state index is -2.41. The van der Waals surface area contributed by atoms with Crippen molar-refractivity contribution in [2.24, 2.45) is 10.6 Å². The molecule has 0 aromatic heterocycles. The smallest absolute Gasteiger partial charge is 0.284 e. The molecule has 0 aliphatic heterocycles. The summed E-state index contributed by atoms with van der Waals surface area (Å²) in [4.78, 5) is 0. The van der Waals surface area contributed by atoms with Gasteiger partial charge in [0.15, 0.2) is 0 Å². The summed E-state index contributed by atoms with van der Waals surface area (Å²) in [5.41, 5.74) is 0.0317. The molecule has 12 heavy (non-hydrogen) atoms. The van der Waals surface area contributed by atoms with Crippen LogP contribution in [-0.4, -0.2) is 22.4 Å². The predicted molar refractivity (Wildman–Crippen MR) is 47.1 cm³/mol. The normalized spacial score (nSPS) is 14.0. The molecule has 0 saturated carbocycles. The van der Waals surface area contributed by atoms with Crippen molar-refractivity contribution >= 4 is 17.5 Å². The first-order chi connectivity index (χ1) is 5.38. The van der Waals surface area contributed by atoms with E-state index >= 15 is 0 Å². The van der Waals surface area contributed by atoms with E-state index in [2.05, 4.69) is 5.16 Å². The van der Waals surface area contributed by atoms with Gasteiger partial charge in [-0.15, -0.1) is 0 Å². The molecule has 0 fully saturated rings. The largest absolute Gasteiger partial charge is 0.411 e. The number of thioether (sulfide) groups is 1. The predicted octanol–water partition coefficient (Wildman–Crippen LogP) is 2.82. The number of rotatable bonds is 3. The Hall–Kier alpha value is -0.320. The van der Waals surface area contributed by atoms with Gasteiger partial charge in [0.05, 0.1) is 5.71 Å². The maximum absolute atomic E-state index is 11.7. The molecule has 0 saturated heterocycles. The zero-order chi connectivity index (χ0) is 9.78. The van der Waals surface area contributed by atoms with Crippen molar-refractivity contribution in [1.29, 1.82) is 0 Å². The van der Waals surface area contributed by atoms with Gasteiger partial charge in [-0.2, -0.15) is 8.78 Å². The van der Waals surface area contributed by atoms with Crippen LogP contribution in [0.25, 0.3) is 0 Å². The fourth-order valence-corrected chi connectivity index (χ4v) is 1.31. The lowest BCUT2D eigenvalue weighted by Gasteiger charge is -2.19. The van der Waals surface area contributed by atoms with Crippen molar-refractivity contribution in [1.82, 2.24) is 0 Å². The molecule has 72 valence electrons. The molecule has 0 radical (unpaired) electrons. The first kappa shape index (κ1) is 11.7. The SMILES string of the molecule is CC(C)(C)/C(CSC(F)F)=N/O. The summed E-state index contributed by atoms with van der Waals surface area (Å²) >= 11 is 0.467. The van der Waals surface area contributed by atoms with Crippen molar-refractivity contribution in [3.05, 3.63) is 0 Å². The van der Waals surface area contributed by atoms with Crippen molar-refractivity contribution in [2.75, 3.05) is 5.75 Å². The average Bonchev–Trinajstić information content (AvgIpc) is 1.85. The molecule has 5 heteroatoms. The van der Waals surface area contributed by atoms with Crippen LogP contribution in [0, 0.1) is 5.41 Å². The second-order valence-electron chi connectivity index (χ2n) is 3.37. The molecule has 0 aromatic rings. The summed E-state index contributed by atoms with van der Waals surface area (Å²) in [5.74, 6) is -2.35.